The minimum absolute atomic E-state index is 0.163. The molecule has 2 aliphatic rings. The second-order valence-electron chi connectivity index (χ2n) is 5.63. The number of anilines is 1. The van der Waals surface area contributed by atoms with Gasteiger partial charge in [0, 0.05) is 19.6 Å². The van der Waals surface area contributed by atoms with E-state index >= 15 is 0 Å². The highest BCUT2D eigenvalue weighted by molar-refractivity contribution is 14.1. The first kappa shape index (κ1) is 15.9. The van der Waals surface area contributed by atoms with Gasteiger partial charge in [-0.2, -0.15) is 4.98 Å². The zero-order valence-electron chi connectivity index (χ0n) is 12.4. The summed E-state index contributed by atoms with van der Waals surface area (Å²) in [5.41, 5.74) is 0.147. The van der Waals surface area contributed by atoms with Gasteiger partial charge in [-0.05, 0) is 24.8 Å². The minimum Gasteiger partial charge on any atom is -0.340 e. The second-order valence-corrected chi connectivity index (χ2v) is 8.96. The van der Waals surface area contributed by atoms with Gasteiger partial charge < -0.3 is 9.80 Å². The van der Waals surface area contributed by atoms with Crippen molar-refractivity contribution < 1.29 is 4.39 Å². The van der Waals surface area contributed by atoms with Gasteiger partial charge in [0.25, 0.3) is 0 Å². The van der Waals surface area contributed by atoms with Crippen LogP contribution in [0.3, 0.4) is 0 Å². The number of likely N-dealkylation sites (N-methyl/N-ethyl adjacent to an activating group) is 1. The van der Waals surface area contributed by atoms with Crippen molar-refractivity contribution in [2.24, 2.45) is 0 Å². The molecule has 10 heteroatoms. The van der Waals surface area contributed by atoms with Gasteiger partial charge in [-0.15, -0.1) is 0 Å². The number of pyridine rings is 1. The maximum absolute atomic E-state index is 14.7. The van der Waals surface area contributed by atoms with Crippen LogP contribution in [-0.4, -0.2) is 49.7 Å². The highest BCUT2D eigenvalue weighted by atomic mass is 127. The van der Waals surface area contributed by atoms with Crippen molar-refractivity contribution in [3.63, 3.8) is 0 Å². The van der Waals surface area contributed by atoms with E-state index in [2.05, 4.69) is 26.8 Å². The summed E-state index contributed by atoms with van der Waals surface area (Å²) < 4.78 is 15.9. The lowest BCUT2D eigenvalue weighted by Crippen LogP contribution is -2.50. The fraction of sp³-hybridized carbons (Fsp3) is 0.462. The van der Waals surface area contributed by atoms with Crippen LogP contribution in [0.2, 0.25) is 0 Å². The summed E-state index contributed by atoms with van der Waals surface area (Å²) in [5, 5.41) is 1.54. The lowest BCUT2D eigenvalue weighted by Gasteiger charge is -2.39. The Morgan fingerprint density at radius 3 is 2.91 bits per heavy atom. The van der Waals surface area contributed by atoms with Crippen LogP contribution in [0.15, 0.2) is 9.82 Å². The standard InChI is InChI=1S/C13H13FIN5OS2/c1-6-9(14)10-8-11(17-13(21)20(10)15)19-4-3-18(2)5-7(19)22-23-12(8)16-6/h7H,3-5H2,1-2H3. The van der Waals surface area contributed by atoms with E-state index in [0.29, 0.717) is 16.9 Å². The van der Waals surface area contributed by atoms with Crippen molar-refractivity contribution in [1.29, 1.82) is 0 Å². The topological polar surface area (TPSA) is 54.3 Å². The zero-order chi connectivity index (χ0) is 16.3. The molecule has 0 spiro atoms. The summed E-state index contributed by atoms with van der Waals surface area (Å²) in [7, 11) is 5.31. The molecular formula is C13H13FIN5OS2. The Balaban J connectivity index is 2.06. The van der Waals surface area contributed by atoms with E-state index in [1.807, 2.05) is 22.9 Å². The highest BCUT2D eigenvalue weighted by Crippen LogP contribution is 2.47. The molecule has 0 amide bonds. The van der Waals surface area contributed by atoms with Crippen molar-refractivity contribution in [3.8, 4) is 0 Å². The lowest BCUT2D eigenvalue weighted by atomic mass is 10.2. The Labute approximate surface area is 153 Å². The third kappa shape index (κ3) is 2.45. The van der Waals surface area contributed by atoms with Crippen molar-refractivity contribution in [2.45, 2.75) is 17.3 Å². The number of halogens is 2. The van der Waals surface area contributed by atoms with Crippen molar-refractivity contribution in [2.75, 3.05) is 31.6 Å². The van der Waals surface area contributed by atoms with Crippen LogP contribution in [0.4, 0.5) is 10.2 Å². The molecule has 2 aliphatic heterocycles. The smallest absolute Gasteiger partial charge is 0.340 e. The number of aryl methyl sites for hydroxylation is 1. The fourth-order valence-electron chi connectivity index (χ4n) is 2.88. The van der Waals surface area contributed by atoms with Gasteiger partial charge in [0.2, 0.25) is 0 Å². The van der Waals surface area contributed by atoms with Gasteiger partial charge in [0.15, 0.2) is 5.82 Å². The molecule has 4 heterocycles. The molecule has 0 saturated carbocycles. The number of hydrogen-bond acceptors (Lipinski definition) is 7. The quantitative estimate of drug-likeness (QED) is 0.437. The molecule has 2 aromatic heterocycles. The number of aromatic nitrogens is 3. The van der Waals surface area contributed by atoms with E-state index in [1.54, 1.807) is 17.7 Å². The molecule has 2 aromatic rings. The predicted molar refractivity (Wildman–Crippen MR) is 100.0 cm³/mol. The van der Waals surface area contributed by atoms with Gasteiger partial charge in [-0.1, -0.05) is 10.8 Å². The highest BCUT2D eigenvalue weighted by Gasteiger charge is 2.34. The normalized spacial score (nSPS) is 21.4. The Kier molecular flexibility index (Phi) is 3.97. The predicted octanol–water partition coefficient (Wildman–Crippen LogP) is 2.27. The van der Waals surface area contributed by atoms with E-state index in [0.717, 1.165) is 24.7 Å². The molecule has 4 rings (SSSR count). The van der Waals surface area contributed by atoms with Gasteiger partial charge in [-0.3, -0.25) is 0 Å². The Bertz CT molecular complexity index is 876. The molecule has 0 bridgehead atoms. The molecule has 0 radical (unpaired) electrons. The van der Waals surface area contributed by atoms with Crippen LogP contribution in [0.5, 0.6) is 0 Å². The van der Waals surface area contributed by atoms with Gasteiger partial charge >= 0.3 is 5.69 Å². The maximum Gasteiger partial charge on any atom is 0.359 e. The molecule has 122 valence electrons. The fourth-order valence-corrected chi connectivity index (χ4v) is 6.18. The summed E-state index contributed by atoms with van der Waals surface area (Å²) in [5.74, 6) is 0.118. The largest absolute Gasteiger partial charge is 0.359 e. The molecule has 0 N–H and O–H groups in total. The first-order valence-electron chi connectivity index (χ1n) is 7.05. The van der Waals surface area contributed by atoms with E-state index < -0.39 is 11.5 Å². The first-order valence-corrected chi connectivity index (χ1v) is 10.2. The maximum atomic E-state index is 14.7. The van der Waals surface area contributed by atoms with Gasteiger partial charge in [0.05, 0.1) is 39.3 Å². The zero-order valence-corrected chi connectivity index (χ0v) is 16.2. The van der Waals surface area contributed by atoms with Crippen molar-refractivity contribution >= 4 is 61.2 Å². The van der Waals surface area contributed by atoms with Crippen LogP contribution in [0.1, 0.15) is 5.69 Å². The molecule has 1 atom stereocenters. The first-order chi connectivity index (χ1) is 11.0. The summed E-state index contributed by atoms with van der Waals surface area (Å²) >= 11 is 1.81. The average molecular weight is 465 g/mol. The molecule has 1 fully saturated rings. The SMILES string of the molecule is Cc1nc2c3c(nc(=O)n(I)c3c1F)N1CCN(C)CC1SS2. The minimum atomic E-state index is -0.447. The van der Waals surface area contributed by atoms with E-state index in [4.69, 9.17) is 0 Å². The van der Waals surface area contributed by atoms with Crippen LogP contribution >= 0.6 is 44.5 Å². The molecule has 1 unspecified atom stereocenters. The summed E-state index contributed by atoms with van der Waals surface area (Å²) in [4.78, 5) is 25.3. The average Bonchev–Trinajstić information content (AvgIpc) is 2.65. The van der Waals surface area contributed by atoms with E-state index in [9.17, 15) is 9.18 Å². The second kappa shape index (κ2) is 5.74. The Hall–Kier alpha value is -0.590. The lowest BCUT2D eigenvalue weighted by molar-refractivity contribution is 0.301. The summed E-state index contributed by atoms with van der Waals surface area (Å²) in [6, 6.07) is 0. The number of piperazine rings is 1. The van der Waals surface area contributed by atoms with Crippen LogP contribution in [-0.2, 0) is 0 Å². The van der Waals surface area contributed by atoms with E-state index in [1.165, 1.54) is 13.6 Å². The summed E-state index contributed by atoms with van der Waals surface area (Å²) in [6.07, 6.45) is 0. The van der Waals surface area contributed by atoms with Crippen LogP contribution < -0.4 is 10.6 Å². The van der Waals surface area contributed by atoms with Gasteiger partial charge in [0.1, 0.15) is 16.4 Å². The third-order valence-electron chi connectivity index (χ3n) is 4.08. The molecule has 6 nitrogen and oxygen atoms in total. The van der Waals surface area contributed by atoms with Gasteiger partial charge in [-0.25, -0.2) is 16.9 Å². The molecule has 0 aromatic carbocycles. The number of fused-ring (bicyclic) bond motifs is 2. The van der Waals surface area contributed by atoms with Crippen molar-refractivity contribution in [1.82, 2.24) is 17.6 Å². The third-order valence-corrected chi connectivity index (χ3v) is 7.58. The van der Waals surface area contributed by atoms with Crippen molar-refractivity contribution in [3.05, 3.63) is 22.0 Å². The molecular weight excluding hydrogens is 452 g/mol. The van der Waals surface area contributed by atoms with Crippen LogP contribution in [0.25, 0.3) is 10.9 Å². The summed E-state index contributed by atoms with van der Waals surface area (Å²) in [6.45, 7) is 4.14. The number of hydrogen-bond donors (Lipinski definition) is 0. The molecule has 1 saturated heterocycles. The van der Waals surface area contributed by atoms with E-state index in [-0.39, 0.29) is 10.9 Å². The number of nitrogens with zero attached hydrogens (tertiary/aromatic N) is 5. The Morgan fingerprint density at radius 2 is 2.13 bits per heavy atom. The number of rotatable bonds is 0. The molecule has 0 aliphatic carbocycles. The van der Waals surface area contributed by atoms with Crippen LogP contribution in [0, 0.1) is 12.7 Å². The molecule has 23 heavy (non-hydrogen) atoms. The Morgan fingerprint density at radius 1 is 1.35 bits per heavy atom. The monoisotopic (exact) mass is 465 g/mol.